The zero-order chi connectivity index (χ0) is 18.4. The fraction of sp³-hybridized carbons (Fsp3) is 0.188. The Labute approximate surface area is 147 Å². The molecule has 8 nitrogen and oxygen atoms in total. The van der Waals surface area contributed by atoms with Crippen LogP contribution in [0.5, 0.6) is 0 Å². The first-order valence-corrected chi connectivity index (χ1v) is 8.06. The van der Waals surface area contributed by atoms with E-state index >= 15 is 0 Å². The van der Waals surface area contributed by atoms with Crippen molar-refractivity contribution in [3.05, 3.63) is 74.3 Å². The molecule has 130 valence electrons. The highest BCUT2D eigenvalue weighted by atomic mass is 32.2. The Kier molecular flexibility index (Phi) is 6.07. The third-order valence-corrected chi connectivity index (χ3v) is 4.31. The molecule has 2 aromatic rings. The van der Waals surface area contributed by atoms with Crippen LogP contribution in [-0.2, 0) is 16.1 Å². The first-order chi connectivity index (χ1) is 11.9. The van der Waals surface area contributed by atoms with Crippen molar-refractivity contribution in [2.75, 3.05) is 0 Å². The molecule has 0 aliphatic rings. The van der Waals surface area contributed by atoms with E-state index in [1.165, 1.54) is 48.2 Å². The lowest BCUT2D eigenvalue weighted by molar-refractivity contribution is -0.385. The van der Waals surface area contributed by atoms with Crippen molar-refractivity contribution in [1.29, 1.82) is 0 Å². The number of thioether (sulfide) groups is 1. The summed E-state index contributed by atoms with van der Waals surface area (Å²) in [6.07, 6.45) is 0. The number of carbonyl (C=O) groups is 1. The molecule has 0 heterocycles. The average Bonchev–Trinajstić information content (AvgIpc) is 2.60. The maximum absolute atomic E-state index is 12.0. The van der Waals surface area contributed by atoms with Gasteiger partial charge in [-0.05, 0) is 36.8 Å². The van der Waals surface area contributed by atoms with Gasteiger partial charge in [-0.3, -0.25) is 25.0 Å². The molecule has 0 fully saturated rings. The van der Waals surface area contributed by atoms with Crippen LogP contribution in [0.1, 0.15) is 12.5 Å². The number of carbonyl (C=O) groups excluding carboxylic acids is 1. The number of nitro groups is 2. The van der Waals surface area contributed by atoms with E-state index < -0.39 is 21.1 Å². The zero-order valence-corrected chi connectivity index (χ0v) is 14.0. The Morgan fingerprint density at radius 2 is 1.48 bits per heavy atom. The lowest BCUT2D eigenvalue weighted by atomic mass is 10.2. The van der Waals surface area contributed by atoms with E-state index in [9.17, 15) is 25.0 Å². The highest BCUT2D eigenvalue weighted by Gasteiger charge is 2.17. The van der Waals surface area contributed by atoms with Crippen molar-refractivity contribution in [1.82, 2.24) is 0 Å². The second-order valence-corrected chi connectivity index (χ2v) is 6.46. The molecule has 0 radical (unpaired) electrons. The topological polar surface area (TPSA) is 113 Å². The minimum atomic E-state index is -0.501. The van der Waals surface area contributed by atoms with Gasteiger partial charge in [0, 0.05) is 29.2 Å². The average molecular weight is 362 g/mol. The number of esters is 1. The molecule has 0 amide bonds. The maximum Gasteiger partial charge on any atom is 0.319 e. The Morgan fingerprint density at radius 3 is 1.96 bits per heavy atom. The number of non-ortho nitro benzene ring substituents is 2. The van der Waals surface area contributed by atoms with Gasteiger partial charge in [-0.1, -0.05) is 0 Å². The summed E-state index contributed by atoms with van der Waals surface area (Å²) in [6.45, 7) is 1.69. The molecule has 1 atom stereocenters. The molecule has 9 heteroatoms. The molecule has 0 bridgehead atoms. The van der Waals surface area contributed by atoms with Gasteiger partial charge >= 0.3 is 5.97 Å². The number of benzene rings is 2. The summed E-state index contributed by atoms with van der Waals surface area (Å²) in [6, 6.07) is 11.6. The summed E-state index contributed by atoms with van der Waals surface area (Å²) in [5.74, 6) is -0.443. The van der Waals surface area contributed by atoms with Gasteiger partial charge in [-0.2, -0.15) is 0 Å². The largest absolute Gasteiger partial charge is 0.460 e. The lowest BCUT2D eigenvalue weighted by Gasteiger charge is -2.11. The van der Waals surface area contributed by atoms with Crippen LogP contribution >= 0.6 is 11.8 Å². The minimum Gasteiger partial charge on any atom is -0.460 e. The molecular formula is C16H14N2O6S. The summed E-state index contributed by atoms with van der Waals surface area (Å²) in [4.78, 5) is 32.9. The highest BCUT2D eigenvalue weighted by Crippen LogP contribution is 2.26. The van der Waals surface area contributed by atoms with E-state index in [-0.39, 0.29) is 18.0 Å². The molecule has 2 rings (SSSR count). The van der Waals surface area contributed by atoms with E-state index in [1.54, 1.807) is 19.1 Å². The van der Waals surface area contributed by atoms with Crippen molar-refractivity contribution >= 4 is 29.1 Å². The first-order valence-electron chi connectivity index (χ1n) is 7.18. The quantitative estimate of drug-likeness (QED) is 0.319. The van der Waals surface area contributed by atoms with Crippen molar-refractivity contribution in [2.24, 2.45) is 0 Å². The van der Waals surface area contributed by atoms with Crippen LogP contribution in [-0.4, -0.2) is 21.1 Å². The first kappa shape index (κ1) is 18.4. The number of nitrogens with zero attached hydrogens (tertiary/aromatic N) is 2. The normalized spacial score (nSPS) is 11.6. The maximum atomic E-state index is 12.0. The van der Waals surface area contributed by atoms with Crippen LogP contribution in [0.25, 0.3) is 0 Å². The molecular weight excluding hydrogens is 348 g/mol. The third-order valence-electron chi connectivity index (χ3n) is 3.22. The fourth-order valence-corrected chi connectivity index (χ4v) is 2.75. The molecule has 0 aliphatic heterocycles. The van der Waals surface area contributed by atoms with Gasteiger partial charge in [0.2, 0.25) is 0 Å². The van der Waals surface area contributed by atoms with Crippen LogP contribution in [0.4, 0.5) is 11.4 Å². The molecule has 0 N–H and O–H groups in total. The highest BCUT2D eigenvalue weighted by molar-refractivity contribution is 8.00. The van der Waals surface area contributed by atoms with Gasteiger partial charge in [0.15, 0.2) is 0 Å². The smallest absolute Gasteiger partial charge is 0.319 e. The predicted molar refractivity (Wildman–Crippen MR) is 91.3 cm³/mol. The second-order valence-electron chi connectivity index (χ2n) is 5.04. The van der Waals surface area contributed by atoms with Crippen LogP contribution in [0.2, 0.25) is 0 Å². The van der Waals surface area contributed by atoms with Crippen molar-refractivity contribution in [3.63, 3.8) is 0 Å². The van der Waals surface area contributed by atoms with Crippen LogP contribution in [0.3, 0.4) is 0 Å². The third kappa shape index (κ3) is 5.28. The van der Waals surface area contributed by atoms with Crippen molar-refractivity contribution < 1.29 is 19.4 Å². The van der Waals surface area contributed by atoms with E-state index in [2.05, 4.69) is 0 Å². The van der Waals surface area contributed by atoms with Gasteiger partial charge in [0.05, 0.1) is 9.85 Å². The standard InChI is InChI=1S/C16H14N2O6S/c1-11(25-15-8-6-14(7-9-15)18(22)23)16(19)24-10-12-2-4-13(5-3-12)17(20)21/h2-9,11H,10H2,1H3/t11-/m1/s1. The Bertz CT molecular complexity index is 776. The van der Waals surface area contributed by atoms with Gasteiger partial charge in [-0.15, -0.1) is 11.8 Å². The molecule has 0 aromatic heterocycles. The number of ether oxygens (including phenoxy) is 1. The Hall–Kier alpha value is -2.94. The summed E-state index contributed by atoms with van der Waals surface area (Å²) < 4.78 is 5.19. The fourth-order valence-electron chi connectivity index (χ4n) is 1.88. The van der Waals surface area contributed by atoms with E-state index in [0.717, 1.165) is 0 Å². The molecule has 25 heavy (non-hydrogen) atoms. The number of hydrogen-bond acceptors (Lipinski definition) is 7. The SMILES string of the molecule is C[C@@H](Sc1ccc([N+](=O)[O-])cc1)C(=O)OCc1ccc([N+](=O)[O-])cc1. The van der Waals surface area contributed by atoms with Crippen LogP contribution in [0, 0.1) is 20.2 Å². The van der Waals surface area contributed by atoms with Gasteiger partial charge in [-0.25, -0.2) is 0 Å². The Morgan fingerprint density at radius 1 is 1.00 bits per heavy atom. The zero-order valence-electron chi connectivity index (χ0n) is 13.2. The summed E-state index contributed by atoms with van der Waals surface area (Å²) >= 11 is 1.23. The lowest BCUT2D eigenvalue weighted by Crippen LogP contribution is -2.16. The van der Waals surface area contributed by atoms with Crippen LogP contribution in [0.15, 0.2) is 53.4 Å². The molecule has 0 aliphatic carbocycles. The number of nitro benzene ring substituents is 2. The van der Waals surface area contributed by atoms with Crippen LogP contribution < -0.4 is 0 Å². The van der Waals surface area contributed by atoms with Gasteiger partial charge < -0.3 is 4.74 Å². The van der Waals surface area contributed by atoms with E-state index in [4.69, 9.17) is 4.74 Å². The minimum absolute atomic E-state index is 0.0159. The number of hydrogen-bond donors (Lipinski definition) is 0. The van der Waals surface area contributed by atoms with Gasteiger partial charge in [0.1, 0.15) is 11.9 Å². The van der Waals surface area contributed by atoms with E-state index in [0.29, 0.717) is 10.5 Å². The van der Waals surface area contributed by atoms with Gasteiger partial charge in [0.25, 0.3) is 11.4 Å². The summed E-state index contributed by atoms with van der Waals surface area (Å²) in [5.41, 5.74) is 0.599. The molecule has 2 aromatic carbocycles. The second kappa shape index (κ2) is 8.25. The molecule has 0 saturated carbocycles. The molecule has 0 saturated heterocycles. The number of rotatable bonds is 7. The summed E-state index contributed by atoms with van der Waals surface area (Å²) in [5, 5.41) is 20.7. The molecule has 0 unspecified atom stereocenters. The molecule has 0 spiro atoms. The monoisotopic (exact) mass is 362 g/mol. The van der Waals surface area contributed by atoms with Crippen molar-refractivity contribution in [3.8, 4) is 0 Å². The predicted octanol–water partition coefficient (Wildman–Crippen LogP) is 3.73. The summed E-state index contributed by atoms with van der Waals surface area (Å²) in [7, 11) is 0. The van der Waals surface area contributed by atoms with Crippen molar-refractivity contribution in [2.45, 2.75) is 23.7 Å². The van der Waals surface area contributed by atoms with E-state index in [1.807, 2.05) is 0 Å². The Balaban J connectivity index is 1.87.